The second kappa shape index (κ2) is 4.45. The summed E-state index contributed by atoms with van der Waals surface area (Å²) in [5.41, 5.74) is -2.84. The van der Waals surface area contributed by atoms with Crippen LogP contribution in [0.15, 0.2) is 14.4 Å². The van der Waals surface area contributed by atoms with Gasteiger partial charge in [0.05, 0.1) is 12.1 Å². The van der Waals surface area contributed by atoms with Crippen molar-refractivity contribution in [3.8, 4) is 0 Å². The van der Waals surface area contributed by atoms with Crippen molar-refractivity contribution in [3.05, 3.63) is 31.5 Å². The Balaban J connectivity index is 3.59. The summed E-state index contributed by atoms with van der Waals surface area (Å²) in [4.78, 5) is 36.0. The number of hydrogen-bond acceptors (Lipinski definition) is 5. The lowest BCUT2D eigenvalue weighted by molar-refractivity contribution is 0.127. The van der Waals surface area contributed by atoms with E-state index in [0.717, 1.165) is 0 Å². The van der Waals surface area contributed by atoms with Crippen molar-refractivity contribution in [2.24, 2.45) is 0 Å². The Labute approximate surface area is 89.4 Å². The number of H-pyrrole nitrogens is 1. The van der Waals surface area contributed by atoms with Crippen LogP contribution in [-0.4, -0.2) is 30.4 Å². The fourth-order valence-electron chi connectivity index (χ4n) is 1.22. The first-order valence-electron chi connectivity index (χ1n) is 4.64. The molecule has 16 heavy (non-hydrogen) atoms. The zero-order valence-electron chi connectivity index (χ0n) is 8.88. The van der Waals surface area contributed by atoms with Crippen LogP contribution in [0.1, 0.15) is 19.9 Å². The highest BCUT2D eigenvalue weighted by atomic mass is 16.3. The molecule has 90 valence electrons. The van der Waals surface area contributed by atoms with E-state index >= 15 is 0 Å². The van der Waals surface area contributed by atoms with E-state index in [1.807, 2.05) is 4.98 Å². The number of aliphatic hydroxyl groups is 2. The summed E-state index contributed by atoms with van der Waals surface area (Å²) in [6, 6.07) is -0.797. The van der Waals surface area contributed by atoms with Gasteiger partial charge >= 0.3 is 17.1 Å². The quantitative estimate of drug-likeness (QED) is 0.535. The Kier molecular flexibility index (Phi) is 3.45. The number of aromatic amines is 1. The number of aromatic nitrogens is 3. The third kappa shape index (κ3) is 1.97. The van der Waals surface area contributed by atoms with Crippen LogP contribution in [0.25, 0.3) is 0 Å². The maximum Gasteiger partial charge on any atom is 0.338 e. The van der Waals surface area contributed by atoms with Gasteiger partial charge in [-0.25, -0.2) is 23.5 Å². The summed E-state index contributed by atoms with van der Waals surface area (Å²) < 4.78 is 1.14. The van der Waals surface area contributed by atoms with Gasteiger partial charge in [-0.3, -0.25) is 4.98 Å². The van der Waals surface area contributed by atoms with E-state index < -0.39 is 35.9 Å². The number of aliphatic hydroxyl groups excluding tert-OH is 2. The molecule has 2 atom stereocenters. The third-order valence-corrected chi connectivity index (χ3v) is 2.36. The number of nitrogens with one attached hydrogen (secondary N) is 1. The molecule has 0 aromatic carbocycles. The van der Waals surface area contributed by atoms with Gasteiger partial charge < -0.3 is 10.2 Å². The van der Waals surface area contributed by atoms with E-state index in [2.05, 4.69) is 0 Å². The van der Waals surface area contributed by atoms with Crippen LogP contribution in [-0.2, 0) is 6.73 Å². The maximum atomic E-state index is 11.6. The Morgan fingerprint density at radius 1 is 1.25 bits per heavy atom. The van der Waals surface area contributed by atoms with Gasteiger partial charge in [-0.15, -0.1) is 0 Å². The van der Waals surface area contributed by atoms with Crippen molar-refractivity contribution in [2.45, 2.75) is 32.7 Å². The van der Waals surface area contributed by atoms with Gasteiger partial charge in [-0.05, 0) is 13.8 Å². The van der Waals surface area contributed by atoms with Crippen molar-refractivity contribution < 1.29 is 10.2 Å². The van der Waals surface area contributed by atoms with Gasteiger partial charge in [-0.2, -0.15) is 0 Å². The zero-order chi connectivity index (χ0) is 12.5. The highest BCUT2D eigenvalue weighted by molar-refractivity contribution is 4.79. The minimum atomic E-state index is -0.980. The largest absolute Gasteiger partial charge is 0.391 e. The van der Waals surface area contributed by atoms with Gasteiger partial charge in [0.15, 0.2) is 0 Å². The van der Waals surface area contributed by atoms with Crippen LogP contribution in [0, 0.1) is 0 Å². The highest BCUT2D eigenvalue weighted by Crippen LogP contribution is 2.03. The second-order valence-electron chi connectivity index (χ2n) is 3.44. The van der Waals surface area contributed by atoms with Crippen molar-refractivity contribution in [3.63, 3.8) is 0 Å². The van der Waals surface area contributed by atoms with Crippen molar-refractivity contribution >= 4 is 0 Å². The van der Waals surface area contributed by atoms with Gasteiger partial charge in [0.1, 0.15) is 6.73 Å². The summed E-state index contributed by atoms with van der Waals surface area (Å²) in [5, 5.41) is 18.1. The van der Waals surface area contributed by atoms with E-state index in [-0.39, 0.29) is 0 Å². The molecule has 0 fully saturated rings. The average molecular weight is 231 g/mol. The van der Waals surface area contributed by atoms with Gasteiger partial charge in [0.2, 0.25) is 0 Å². The first-order chi connectivity index (χ1) is 7.40. The zero-order valence-corrected chi connectivity index (χ0v) is 8.88. The molecule has 0 radical (unpaired) electrons. The fourth-order valence-corrected chi connectivity index (χ4v) is 1.22. The standard InChI is InChI=1S/C8H13N3O5/c1-4(5(2)13)11-7(15)9-6(14)10(3-12)8(11)16/h4-5,12-13H,3H2,1-2H3,(H,9,14,15). The van der Waals surface area contributed by atoms with Crippen molar-refractivity contribution in [2.75, 3.05) is 0 Å². The minimum absolute atomic E-state index is 0.459. The lowest BCUT2D eigenvalue weighted by Gasteiger charge is -2.16. The molecule has 1 rings (SSSR count). The number of nitrogens with zero attached hydrogens (tertiary/aromatic N) is 2. The van der Waals surface area contributed by atoms with Gasteiger partial charge in [0.25, 0.3) is 0 Å². The topological polar surface area (TPSA) is 117 Å². The predicted octanol–water partition coefficient (Wildman–Crippen LogP) is -2.41. The van der Waals surface area contributed by atoms with E-state index in [1.165, 1.54) is 13.8 Å². The molecule has 3 N–H and O–H groups in total. The van der Waals surface area contributed by atoms with E-state index in [4.69, 9.17) is 5.11 Å². The van der Waals surface area contributed by atoms with Crippen LogP contribution < -0.4 is 17.1 Å². The Morgan fingerprint density at radius 3 is 2.25 bits per heavy atom. The molecule has 1 aromatic rings. The molecule has 0 saturated heterocycles. The second-order valence-corrected chi connectivity index (χ2v) is 3.44. The fraction of sp³-hybridized carbons (Fsp3) is 0.625. The minimum Gasteiger partial charge on any atom is -0.391 e. The average Bonchev–Trinajstić information content (AvgIpc) is 2.17. The Morgan fingerprint density at radius 2 is 1.81 bits per heavy atom. The van der Waals surface area contributed by atoms with E-state index in [9.17, 15) is 19.5 Å². The molecule has 1 heterocycles. The summed E-state index contributed by atoms with van der Waals surface area (Å²) in [6.45, 7) is 2.03. The molecule has 0 spiro atoms. The van der Waals surface area contributed by atoms with Crippen LogP contribution in [0.5, 0.6) is 0 Å². The van der Waals surface area contributed by atoms with E-state index in [0.29, 0.717) is 9.13 Å². The molecular weight excluding hydrogens is 218 g/mol. The molecule has 8 heteroatoms. The molecule has 0 saturated carbocycles. The van der Waals surface area contributed by atoms with Gasteiger partial charge in [0, 0.05) is 0 Å². The molecule has 1 aromatic heterocycles. The molecule has 0 amide bonds. The SMILES string of the molecule is CC(O)C(C)n1c(=O)[nH]c(=O)n(CO)c1=O. The first kappa shape index (κ1) is 12.4. The summed E-state index contributed by atoms with van der Waals surface area (Å²) >= 11 is 0. The van der Waals surface area contributed by atoms with Crippen LogP contribution in [0.2, 0.25) is 0 Å². The molecular formula is C8H13N3O5. The molecule has 2 unspecified atom stereocenters. The van der Waals surface area contributed by atoms with Crippen molar-refractivity contribution in [1.82, 2.24) is 14.1 Å². The third-order valence-electron chi connectivity index (χ3n) is 2.36. The molecule has 8 nitrogen and oxygen atoms in total. The van der Waals surface area contributed by atoms with Gasteiger partial charge in [-0.1, -0.05) is 0 Å². The summed E-state index contributed by atoms with van der Waals surface area (Å²) in [5.74, 6) is 0. The van der Waals surface area contributed by atoms with Crippen molar-refractivity contribution in [1.29, 1.82) is 0 Å². The molecule has 0 aliphatic carbocycles. The number of hydrogen-bond donors (Lipinski definition) is 3. The highest BCUT2D eigenvalue weighted by Gasteiger charge is 2.18. The summed E-state index contributed by atoms with van der Waals surface area (Å²) in [7, 11) is 0. The Bertz CT molecular complexity index is 538. The van der Waals surface area contributed by atoms with E-state index in [1.54, 1.807) is 0 Å². The number of rotatable bonds is 3. The monoisotopic (exact) mass is 231 g/mol. The lowest BCUT2D eigenvalue weighted by Crippen LogP contribution is -2.51. The molecule has 0 aliphatic rings. The molecule has 0 bridgehead atoms. The first-order valence-corrected chi connectivity index (χ1v) is 4.64. The van der Waals surface area contributed by atoms with Crippen LogP contribution in [0.4, 0.5) is 0 Å². The predicted molar refractivity (Wildman–Crippen MR) is 54.2 cm³/mol. The maximum absolute atomic E-state index is 11.6. The normalized spacial score (nSPS) is 14.8. The lowest BCUT2D eigenvalue weighted by atomic mass is 10.2. The Hall–Kier alpha value is -1.67. The summed E-state index contributed by atoms with van der Waals surface area (Å²) in [6.07, 6.45) is -0.941. The smallest absolute Gasteiger partial charge is 0.338 e. The molecule has 0 aliphatic heterocycles. The van der Waals surface area contributed by atoms with Crippen LogP contribution >= 0.6 is 0 Å². The van der Waals surface area contributed by atoms with Crippen LogP contribution in [0.3, 0.4) is 0 Å².